The van der Waals surface area contributed by atoms with Gasteiger partial charge in [0.05, 0.1) is 5.41 Å². The molecule has 1 aromatic carbocycles. The maximum atomic E-state index is 12.5. The van der Waals surface area contributed by atoms with Crippen LogP contribution < -0.4 is 11.1 Å². The predicted molar refractivity (Wildman–Crippen MR) is 89.3 cm³/mol. The Labute approximate surface area is 129 Å². The van der Waals surface area contributed by atoms with Crippen LogP contribution in [0.4, 0.5) is 0 Å². The van der Waals surface area contributed by atoms with Gasteiger partial charge in [0.1, 0.15) is 0 Å². The third kappa shape index (κ3) is 3.85. The molecule has 0 spiro atoms. The average molecular weight is 290 g/mol. The van der Waals surface area contributed by atoms with E-state index in [1.54, 1.807) is 0 Å². The van der Waals surface area contributed by atoms with Crippen LogP contribution in [-0.2, 0) is 10.2 Å². The van der Waals surface area contributed by atoms with E-state index in [-0.39, 0.29) is 11.3 Å². The second-order valence-corrected chi connectivity index (χ2v) is 6.57. The van der Waals surface area contributed by atoms with Gasteiger partial charge in [0.15, 0.2) is 0 Å². The lowest BCUT2D eigenvalue weighted by molar-refractivity contribution is -0.131. The zero-order valence-corrected chi connectivity index (χ0v) is 14.1. The lowest BCUT2D eigenvalue weighted by atomic mass is 9.79. The summed E-state index contributed by atoms with van der Waals surface area (Å²) in [6, 6.07) is 8.34. The average Bonchev–Trinajstić information content (AvgIpc) is 2.48. The minimum absolute atomic E-state index is 0.0802. The highest BCUT2D eigenvalue weighted by atomic mass is 16.2. The molecule has 0 aromatic heterocycles. The number of carbonyl (C=O) groups excluding carboxylic acids is 1. The molecule has 0 aliphatic heterocycles. The van der Waals surface area contributed by atoms with Crippen LogP contribution in [0.2, 0.25) is 0 Å². The van der Waals surface area contributed by atoms with Crippen LogP contribution in [-0.4, -0.2) is 19.0 Å². The Morgan fingerprint density at radius 1 is 1.19 bits per heavy atom. The van der Waals surface area contributed by atoms with Gasteiger partial charge >= 0.3 is 0 Å². The van der Waals surface area contributed by atoms with Gasteiger partial charge in [0, 0.05) is 18.5 Å². The van der Waals surface area contributed by atoms with Crippen molar-refractivity contribution in [3.05, 3.63) is 35.4 Å². The van der Waals surface area contributed by atoms with Crippen molar-refractivity contribution in [2.24, 2.45) is 11.1 Å². The molecular formula is C18H30N2O. The Morgan fingerprint density at radius 2 is 1.76 bits per heavy atom. The van der Waals surface area contributed by atoms with Crippen molar-refractivity contribution in [3.63, 3.8) is 0 Å². The molecule has 1 amide bonds. The normalized spacial score (nSPS) is 12.3. The van der Waals surface area contributed by atoms with Crippen LogP contribution in [0.3, 0.4) is 0 Å². The lowest BCUT2D eigenvalue weighted by Gasteiger charge is -2.32. The monoisotopic (exact) mass is 290 g/mol. The molecule has 0 aliphatic rings. The number of rotatable bonds is 7. The molecule has 0 atom stereocenters. The van der Waals surface area contributed by atoms with E-state index in [0.29, 0.717) is 13.1 Å². The highest BCUT2D eigenvalue weighted by Crippen LogP contribution is 2.28. The van der Waals surface area contributed by atoms with E-state index in [4.69, 9.17) is 5.73 Å². The topological polar surface area (TPSA) is 55.1 Å². The van der Waals surface area contributed by atoms with Crippen LogP contribution in [0.15, 0.2) is 24.3 Å². The Balaban J connectivity index is 2.82. The van der Waals surface area contributed by atoms with Crippen molar-refractivity contribution in [2.75, 3.05) is 13.1 Å². The molecule has 118 valence electrons. The summed E-state index contributed by atoms with van der Waals surface area (Å²) in [7, 11) is 0. The highest BCUT2D eigenvalue weighted by Gasteiger charge is 2.34. The molecule has 0 heterocycles. The second-order valence-electron chi connectivity index (χ2n) is 6.57. The van der Waals surface area contributed by atoms with Gasteiger partial charge in [0.2, 0.25) is 5.91 Å². The van der Waals surface area contributed by atoms with Gasteiger partial charge in [-0.05, 0) is 30.9 Å². The molecule has 0 radical (unpaired) electrons. The van der Waals surface area contributed by atoms with Gasteiger partial charge in [-0.3, -0.25) is 4.79 Å². The summed E-state index contributed by atoms with van der Waals surface area (Å²) in [5.74, 6) is 0.0802. The van der Waals surface area contributed by atoms with Gasteiger partial charge < -0.3 is 11.1 Å². The first-order valence-electron chi connectivity index (χ1n) is 7.87. The molecule has 1 aromatic rings. The van der Waals surface area contributed by atoms with Crippen LogP contribution in [0.25, 0.3) is 0 Å². The van der Waals surface area contributed by atoms with Crippen LogP contribution in [0, 0.1) is 12.3 Å². The largest absolute Gasteiger partial charge is 0.355 e. The van der Waals surface area contributed by atoms with E-state index in [9.17, 15) is 4.79 Å². The zero-order chi connectivity index (χ0) is 16.1. The van der Waals surface area contributed by atoms with Gasteiger partial charge in [-0.25, -0.2) is 0 Å². The fourth-order valence-electron chi connectivity index (χ4n) is 2.87. The molecule has 1 rings (SSSR count). The molecule has 3 heteroatoms. The number of aryl methyl sites for hydroxylation is 1. The maximum Gasteiger partial charge on any atom is 0.227 e. The van der Waals surface area contributed by atoms with Gasteiger partial charge in [-0.2, -0.15) is 0 Å². The standard InChI is InChI=1S/C18H30N2O/c1-6-18(7-2,12-19)16(21)20-13-17(4,5)15-11-9-8-10-14(15)3/h8-11H,6-7,12-13,19H2,1-5H3,(H,20,21). The number of amides is 1. The molecule has 0 bridgehead atoms. The van der Waals surface area contributed by atoms with E-state index >= 15 is 0 Å². The van der Waals surface area contributed by atoms with Crippen molar-refractivity contribution in [3.8, 4) is 0 Å². The number of hydrogen-bond donors (Lipinski definition) is 2. The molecule has 0 saturated carbocycles. The third-order valence-electron chi connectivity index (χ3n) is 4.79. The molecule has 0 saturated heterocycles. The van der Waals surface area contributed by atoms with Gasteiger partial charge in [-0.15, -0.1) is 0 Å². The Kier molecular flexibility index (Phi) is 5.97. The van der Waals surface area contributed by atoms with Crippen LogP contribution >= 0.6 is 0 Å². The first-order valence-corrected chi connectivity index (χ1v) is 7.87. The van der Waals surface area contributed by atoms with Crippen LogP contribution in [0.1, 0.15) is 51.7 Å². The third-order valence-corrected chi connectivity index (χ3v) is 4.79. The minimum atomic E-state index is -0.429. The fraction of sp³-hybridized carbons (Fsp3) is 0.611. The summed E-state index contributed by atoms with van der Waals surface area (Å²) in [5.41, 5.74) is 7.85. The fourth-order valence-corrected chi connectivity index (χ4v) is 2.87. The summed E-state index contributed by atoms with van der Waals surface area (Å²) in [4.78, 5) is 12.5. The summed E-state index contributed by atoms with van der Waals surface area (Å²) in [5, 5.41) is 3.12. The highest BCUT2D eigenvalue weighted by molar-refractivity contribution is 5.82. The molecule has 3 nitrogen and oxygen atoms in total. The summed E-state index contributed by atoms with van der Waals surface area (Å²) < 4.78 is 0. The Morgan fingerprint density at radius 3 is 2.24 bits per heavy atom. The molecule has 0 aliphatic carbocycles. The first-order chi connectivity index (χ1) is 9.83. The van der Waals surface area contributed by atoms with Crippen LogP contribution in [0.5, 0.6) is 0 Å². The summed E-state index contributed by atoms with van der Waals surface area (Å²) in [6.45, 7) is 11.5. The van der Waals surface area contributed by atoms with E-state index in [1.807, 2.05) is 26.0 Å². The number of nitrogens with one attached hydrogen (secondary N) is 1. The molecule has 0 unspecified atom stereocenters. The predicted octanol–water partition coefficient (Wildman–Crippen LogP) is 3.15. The molecule has 0 fully saturated rings. The van der Waals surface area contributed by atoms with Crippen molar-refractivity contribution >= 4 is 5.91 Å². The molecule has 21 heavy (non-hydrogen) atoms. The van der Waals surface area contributed by atoms with Gasteiger partial charge in [-0.1, -0.05) is 52.0 Å². The number of hydrogen-bond acceptors (Lipinski definition) is 2. The smallest absolute Gasteiger partial charge is 0.227 e. The van der Waals surface area contributed by atoms with E-state index in [1.165, 1.54) is 11.1 Å². The first kappa shape index (κ1) is 17.7. The SMILES string of the molecule is CCC(CC)(CN)C(=O)NCC(C)(C)c1ccccc1C. The zero-order valence-electron chi connectivity index (χ0n) is 14.1. The van der Waals surface area contributed by atoms with E-state index in [0.717, 1.165) is 12.8 Å². The number of benzene rings is 1. The molecule has 3 N–H and O–H groups in total. The quantitative estimate of drug-likeness (QED) is 0.810. The Hall–Kier alpha value is -1.35. The molecular weight excluding hydrogens is 260 g/mol. The summed E-state index contributed by atoms with van der Waals surface area (Å²) in [6.07, 6.45) is 1.55. The van der Waals surface area contributed by atoms with Crippen molar-refractivity contribution in [2.45, 2.75) is 52.9 Å². The van der Waals surface area contributed by atoms with Crippen molar-refractivity contribution < 1.29 is 4.79 Å². The Bertz CT molecular complexity index is 468. The lowest BCUT2D eigenvalue weighted by Crippen LogP contribution is -2.48. The van der Waals surface area contributed by atoms with E-state index < -0.39 is 5.41 Å². The maximum absolute atomic E-state index is 12.5. The summed E-state index contributed by atoms with van der Waals surface area (Å²) >= 11 is 0. The number of nitrogens with two attached hydrogens (primary N) is 1. The van der Waals surface area contributed by atoms with Crippen molar-refractivity contribution in [1.29, 1.82) is 0 Å². The minimum Gasteiger partial charge on any atom is -0.355 e. The van der Waals surface area contributed by atoms with Crippen molar-refractivity contribution in [1.82, 2.24) is 5.32 Å². The number of carbonyl (C=O) groups is 1. The van der Waals surface area contributed by atoms with E-state index in [2.05, 4.69) is 38.2 Å². The van der Waals surface area contributed by atoms with Gasteiger partial charge in [0.25, 0.3) is 0 Å². The second kappa shape index (κ2) is 7.08.